The van der Waals surface area contributed by atoms with Gasteiger partial charge in [-0.15, -0.1) is 6.58 Å². The molecule has 1 fully saturated rings. The zero-order valence-electron chi connectivity index (χ0n) is 15.0. The van der Waals surface area contributed by atoms with Crippen LogP contribution in [0.3, 0.4) is 0 Å². The van der Waals surface area contributed by atoms with Gasteiger partial charge in [0.25, 0.3) is 5.91 Å². The van der Waals surface area contributed by atoms with Crippen molar-refractivity contribution < 1.29 is 14.3 Å². The predicted octanol–water partition coefficient (Wildman–Crippen LogP) is 5.29. The lowest BCUT2D eigenvalue weighted by molar-refractivity contribution is -0.121. The fourth-order valence-corrected chi connectivity index (χ4v) is 3.99. The smallest absolute Gasteiger partial charge is 0.266 e. The van der Waals surface area contributed by atoms with Gasteiger partial charge in [-0.2, -0.15) is 0 Å². The van der Waals surface area contributed by atoms with Crippen LogP contribution in [0.1, 0.15) is 5.56 Å². The molecule has 0 aromatic heterocycles. The van der Waals surface area contributed by atoms with Crippen molar-refractivity contribution in [3.8, 4) is 11.5 Å². The van der Waals surface area contributed by atoms with Crippen LogP contribution in [0.25, 0.3) is 6.08 Å². The summed E-state index contributed by atoms with van der Waals surface area (Å²) >= 11 is 9.94. The SMILES string of the molecule is C=CCN1C(=O)/C(=C/c2ccc(OCCOc3ccc(Br)cc3)cc2)SC1=S. The van der Waals surface area contributed by atoms with E-state index in [2.05, 4.69) is 22.5 Å². The van der Waals surface area contributed by atoms with Crippen LogP contribution in [0.5, 0.6) is 11.5 Å². The van der Waals surface area contributed by atoms with Crippen LogP contribution in [0.15, 0.2) is 70.6 Å². The summed E-state index contributed by atoms with van der Waals surface area (Å²) < 4.78 is 12.9. The van der Waals surface area contributed by atoms with Crippen molar-refractivity contribution in [2.24, 2.45) is 0 Å². The minimum atomic E-state index is -0.0830. The van der Waals surface area contributed by atoms with Crippen LogP contribution in [-0.2, 0) is 4.79 Å². The molecule has 4 nitrogen and oxygen atoms in total. The molecule has 0 radical (unpaired) electrons. The number of halogens is 1. The largest absolute Gasteiger partial charge is 0.490 e. The molecule has 0 atom stereocenters. The zero-order valence-corrected chi connectivity index (χ0v) is 18.2. The molecule has 1 heterocycles. The van der Waals surface area contributed by atoms with E-state index in [-0.39, 0.29) is 5.91 Å². The third-order valence-corrected chi connectivity index (χ3v) is 5.70. The van der Waals surface area contributed by atoms with Gasteiger partial charge < -0.3 is 9.47 Å². The summed E-state index contributed by atoms with van der Waals surface area (Å²) in [6.07, 6.45) is 3.50. The number of amides is 1. The summed E-state index contributed by atoms with van der Waals surface area (Å²) in [5.74, 6) is 1.46. The first-order valence-corrected chi connectivity index (χ1v) is 10.6. The Morgan fingerprint density at radius 3 is 2.18 bits per heavy atom. The molecule has 2 aromatic carbocycles. The van der Waals surface area contributed by atoms with Crippen molar-refractivity contribution in [3.05, 3.63) is 76.1 Å². The first kappa shape index (κ1) is 20.6. The molecule has 1 aliphatic heterocycles. The number of carbonyl (C=O) groups excluding carboxylic acids is 1. The van der Waals surface area contributed by atoms with E-state index in [0.29, 0.717) is 29.0 Å². The number of nitrogens with zero attached hydrogens (tertiary/aromatic N) is 1. The minimum Gasteiger partial charge on any atom is -0.490 e. The number of benzene rings is 2. The predicted molar refractivity (Wildman–Crippen MR) is 122 cm³/mol. The lowest BCUT2D eigenvalue weighted by Gasteiger charge is -2.10. The van der Waals surface area contributed by atoms with E-state index in [1.165, 1.54) is 11.8 Å². The maximum absolute atomic E-state index is 12.3. The Labute approximate surface area is 182 Å². The van der Waals surface area contributed by atoms with E-state index in [9.17, 15) is 4.79 Å². The third-order valence-electron chi connectivity index (χ3n) is 3.80. The maximum atomic E-state index is 12.3. The second kappa shape index (κ2) is 9.91. The molecule has 2 aromatic rings. The Bertz CT molecular complexity index is 895. The van der Waals surface area contributed by atoms with Gasteiger partial charge in [0.15, 0.2) is 0 Å². The Kier molecular flexibility index (Phi) is 7.30. The first-order chi connectivity index (χ1) is 13.6. The Hall–Kier alpha value is -2.09. The lowest BCUT2D eigenvalue weighted by atomic mass is 10.2. The highest BCUT2D eigenvalue weighted by molar-refractivity contribution is 9.10. The Balaban J connectivity index is 1.51. The minimum absolute atomic E-state index is 0.0830. The molecule has 7 heteroatoms. The lowest BCUT2D eigenvalue weighted by Crippen LogP contribution is -2.27. The molecule has 0 saturated carbocycles. The van der Waals surface area contributed by atoms with Gasteiger partial charge >= 0.3 is 0 Å². The summed E-state index contributed by atoms with van der Waals surface area (Å²) in [7, 11) is 0. The Morgan fingerprint density at radius 1 is 1.04 bits per heavy atom. The molecule has 0 spiro atoms. The van der Waals surface area contributed by atoms with Crippen molar-refractivity contribution in [1.82, 2.24) is 4.90 Å². The number of hydrogen-bond donors (Lipinski definition) is 0. The fraction of sp³-hybridized carbons (Fsp3) is 0.143. The van der Waals surface area contributed by atoms with Crippen LogP contribution in [0.2, 0.25) is 0 Å². The van der Waals surface area contributed by atoms with Gasteiger partial charge in [-0.1, -0.05) is 58.1 Å². The summed E-state index contributed by atoms with van der Waals surface area (Å²) in [6, 6.07) is 15.2. The molecule has 1 amide bonds. The number of thioether (sulfide) groups is 1. The number of carbonyl (C=O) groups is 1. The normalized spacial score (nSPS) is 15.2. The van der Waals surface area contributed by atoms with Crippen molar-refractivity contribution in [1.29, 1.82) is 0 Å². The zero-order chi connectivity index (χ0) is 19.9. The van der Waals surface area contributed by atoms with Crippen LogP contribution >= 0.6 is 39.9 Å². The molecule has 28 heavy (non-hydrogen) atoms. The van der Waals surface area contributed by atoms with Gasteiger partial charge in [-0.05, 0) is 48.0 Å². The van der Waals surface area contributed by atoms with E-state index in [1.54, 1.807) is 11.0 Å². The van der Waals surface area contributed by atoms with Crippen LogP contribution in [0.4, 0.5) is 0 Å². The molecule has 0 N–H and O–H groups in total. The van der Waals surface area contributed by atoms with E-state index in [1.807, 2.05) is 54.6 Å². The quantitative estimate of drug-likeness (QED) is 0.224. The number of hydrogen-bond acceptors (Lipinski definition) is 5. The molecule has 1 saturated heterocycles. The van der Waals surface area contributed by atoms with E-state index in [0.717, 1.165) is 21.5 Å². The van der Waals surface area contributed by atoms with Gasteiger partial charge in [0.1, 0.15) is 29.0 Å². The highest BCUT2D eigenvalue weighted by atomic mass is 79.9. The molecule has 3 rings (SSSR count). The van der Waals surface area contributed by atoms with Gasteiger partial charge in [-0.25, -0.2) is 0 Å². The van der Waals surface area contributed by atoms with E-state index in [4.69, 9.17) is 21.7 Å². The maximum Gasteiger partial charge on any atom is 0.266 e. The second-order valence-electron chi connectivity index (χ2n) is 5.80. The first-order valence-electron chi connectivity index (χ1n) is 8.54. The molecule has 0 aliphatic carbocycles. The highest BCUT2D eigenvalue weighted by Crippen LogP contribution is 2.32. The van der Waals surface area contributed by atoms with Crippen molar-refractivity contribution in [2.75, 3.05) is 19.8 Å². The van der Waals surface area contributed by atoms with Gasteiger partial charge in [0.2, 0.25) is 0 Å². The topological polar surface area (TPSA) is 38.8 Å². The van der Waals surface area contributed by atoms with Crippen LogP contribution in [0, 0.1) is 0 Å². The molecule has 0 bridgehead atoms. The van der Waals surface area contributed by atoms with Gasteiger partial charge in [-0.3, -0.25) is 9.69 Å². The second-order valence-corrected chi connectivity index (χ2v) is 8.39. The Morgan fingerprint density at radius 2 is 1.61 bits per heavy atom. The van der Waals surface area contributed by atoms with Crippen LogP contribution in [-0.4, -0.2) is 34.9 Å². The van der Waals surface area contributed by atoms with Crippen molar-refractivity contribution in [2.45, 2.75) is 0 Å². The van der Waals surface area contributed by atoms with E-state index >= 15 is 0 Å². The summed E-state index contributed by atoms with van der Waals surface area (Å²) in [6.45, 7) is 4.98. The monoisotopic (exact) mass is 475 g/mol. The molecule has 144 valence electrons. The molecule has 1 aliphatic rings. The standard InChI is InChI=1S/C21H18BrNO3S2/c1-2-11-23-20(24)19(28-21(23)27)14-15-3-7-17(8-4-15)25-12-13-26-18-9-5-16(22)6-10-18/h2-10,14H,1,11-13H2/b19-14-. The summed E-state index contributed by atoms with van der Waals surface area (Å²) in [5, 5.41) is 0. The molecular formula is C21H18BrNO3S2. The molecular weight excluding hydrogens is 458 g/mol. The molecule has 0 unspecified atom stereocenters. The van der Waals surface area contributed by atoms with Crippen LogP contribution < -0.4 is 9.47 Å². The van der Waals surface area contributed by atoms with Crippen molar-refractivity contribution >= 4 is 56.2 Å². The van der Waals surface area contributed by atoms with E-state index < -0.39 is 0 Å². The average Bonchev–Trinajstić information content (AvgIpc) is 2.96. The average molecular weight is 476 g/mol. The number of ether oxygens (including phenoxy) is 2. The summed E-state index contributed by atoms with van der Waals surface area (Å²) in [4.78, 5) is 14.5. The number of thiocarbonyl (C=S) groups is 1. The summed E-state index contributed by atoms with van der Waals surface area (Å²) in [5.41, 5.74) is 0.914. The van der Waals surface area contributed by atoms with Gasteiger partial charge in [0.05, 0.1) is 4.91 Å². The van der Waals surface area contributed by atoms with Crippen molar-refractivity contribution in [3.63, 3.8) is 0 Å². The fourth-order valence-electron chi connectivity index (χ4n) is 2.45. The third kappa shape index (κ3) is 5.47. The van der Waals surface area contributed by atoms with Gasteiger partial charge in [0, 0.05) is 11.0 Å². The number of rotatable bonds is 8. The highest BCUT2D eigenvalue weighted by Gasteiger charge is 2.30.